The minimum atomic E-state index is 0. The summed E-state index contributed by atoms with van der Waals surface area (Å²) in [5.74, 6) is 3.25. The van der Waals surface area contributed by atoms with Crippen molar-refractivity contribution in [1.29, 1.82) is 0 Å². The molecule has 2 fully saturated rings. The summed E-state index contributed by atoms with van der Waals surface area (Å²) in [6.07, 6.45) is 3.91. The Morgan fingerprint density at radius 3 is 2.80 bits per heavy atom. The molecule has 3 heterocycles. The Bertz CT molecular complexity index is 1020. The van der Waals surface area contributed by atoms with Gasteiger partial charge in [0.15, 0.2) is 17.3 Å². The molecule has 0 bridgehead atoms. The Kier molecular flexibility index (Phi) is 6.17. The second-order valence-corrected chi connectivity index (χ2v) is 9.63. The number of fused-ring (bicyclic) bond motifs is 1. The molecule has 1 saturated carbocycles. The van der Waals surface area contributed by atoms with Crippen LogP contribution in [0.5, 0.6) is 0 Å². The van der Waals surface area contributed by atoms with Crippen molar-refractivity contribution in [2.75, 3.05) is 25.4 Å². The second-order valence-electron chi connectivity index (χ2n) is 8.13. The van der Waals surface area contributed by atoms with E-state index in [1.165, 1.54) is 31.5 Å². The average Bonchev–Trinajstić information content (AvgIpc) is 3.02. The number of rotatable bonds is 7. The van der Waals surface area contributed by atoms with Crippen molar-refractivity contribution in [3.63, 3.8) is 0 Å². The summed E-state index contributed by atoms with van der Waals surface area (Å²) in [7, 11) is 1.98. The summed E-state index contributed by atoms with van der Waals surface area (Å²) in [6, 6.07) is 8.47. The number of oxazole rings is 1. The zero-order valence-corrected chi connectivity index (χ0v) is 19.4. The largest absolute Gasteiger partial charge is 0.440 e. The zero-order chi connectivity index (χ0) is 20.0. The van der Waals surface area contributed by atoms with Crippen LogP contribution >= 0.6 is 35.8 Å². The van der Waals surface area contributed by atoms with E-state index < -0.39 is 0 Å². The first-order valence-electron chi connectivity index (χ1n) is 9.98. The van der Waals surface area contributed by atoms with Crippen molar-refractivity contribution < 1.29 is 4.42 Å². The van der Waals surface area contributed by atoms with E-state index in [1.54, 1.807) is 11.8 Å². The lowest BCUT2D eigenvalue weighted by Crippen LogP contribution is -2.27. The van der Waals surface area contributed by atoms with Gasteiger partial charge in [0.2, 0.25) is 5.82 Å². The number of aromatic nitrogens is 4. The Hall–Kier alpha value is -1.54. The van der Waals surface area contributed by atoms with Crippen LogP contribution in [0.1, 0.15) is 24.1 Å². The van der Waals surface area contributed by atoms with E-state index in [9.17, 15) is 0 Å². The number of halogens is 2. The normalized spacial score (nSPS) is 22.7. The van der Waals surface area contributed by atoms with E-state index in [2.05, 4.69) is 32.2 Å². The highest BCUT2D eigenvalue weighted by Gasteiger charge is 2.60. The summed E-state index contributed by atoms with van der Waals surface area (Å²) in [5.41, 5.74) is 2.67. The fraction of sp³-hybridized carbons (Fsp3) is 0.476. The number of piperidine rings is 1. The van der Waals surface area contributed by atoms with E-state index in [1.807, 2.05) is 30.7 Å². The van der Waals surface area contributed by atoms with Gasteiger partial charge >= 0.3 is 0 Å². The summed E-state index contributed by atoms with van der Waals surface area (Å²) in [5, 5.41) is 10.3. The molecular formula is C21H25Cl2N5OS. The van der Waals surface area contributed by atoms with Gasteiger partial charge in [-0.05, 0) is 49.9 Å². The smallest absolute Gasteiger partial charge is 0.202 e. The van der Waals surface area contributed by atoms with Gasteiger partial charge < -0.3 is 13.9 Å². The van der Waals surface area contributed by atoms with Gasteiger partial charge in [-0.25, -0.2) is 4.98 Å². The van der Waals surface area contributed by atoms with Crippen LogP contribution in [0.2, 0.25) is 5.02 Å². The molecule has 160 valence electrons. The van der Waals surface area contributed by atoms with Crippen molar-refractivity contribution in [3.05, 3.63) is 46.9 Å². The molecule has 0 N–H and O–H groups in total. The molecule has 2 aromatic heterocycles. The van der Waals surface area contributed by atoms with Crippen LogP contribution in [0.25, 0.3) is 11.6 Å². The van der Waals surface area contributed by atoms with Crippen molar-refractivity contribution in [3.8, 4) is 11.6 Å². The summed E-state index contributed by atoms with van der Waals surface area (Å²) >= 11 is 7.81. The first kappa shape index (κ1) is 21.7. The molecule has 6 nitrogen and oxygen atoms in total. The topological polar surface area (TPSA) is 60.0 Å². The molecule has 1 aromatic carbocycles. The van der Waals surface area contributed by atoms with E-state index >= 15 is 0 Å². The molecule has 0 radical (unpaired) electrons. The Morgan fingerprint density at radius 2 is 2.07 bits per heavy atom. The lowest BCUT2D eigenvalue weighted by atomic mass is 9.95. The van der Waals surface area contributed by atoms with Gasteiger partial charge in [0, 0.05) is 36.3 Å². The number of likely N-dealkylation sites (tertiary alicyclic amines) is 1. The van der Waals surface area contributed by atoms with Crippen LogP contribution in [-0.4, -0.2) is 50.0 Å². The number of aryl methyl sites for hydroxylation is 1. The minimum Gasteiger partial charge on any atom is -0.440 e. The third-order valence-corrected chi connectivity index (χ3v) is 7.63. The van der Waals surface area contributed by atoms with Gasteiger partial charge in [-0.1, -0.05) is 35.5 Å². The van der Waals surface area contributed by atoms with Gasteiger partial charge in [0.05, 0.1) is 5.69 Å². The highest BCUT2D eigenvalue weighted by molar-refractivity contribution is 7.99. The number of thioether (sulfide) groups is 1. The van der Waals surface area contributed by atoms with E-state index in [4.69, 9.17) is 16.0 Å². The number of benzene rings is 1. The quantitative estimate of drug-likeness (QED) is 0.375. The molecule has 2 atom stereocenters. The molecule has 9 heteroatoms. The highest BCUT2D eigenvalue weighted by Crippen LogP contribution is 2.59. The van der Waals surface area contributed by atoms with Gasteiger partial charge in [0.25, 0.3) is 0 Å². The first-order valence-corrected chi connectivity index (χ1v) is 11.3. The van der Waals surface area contributed by atoms with Crippen LogP contribution in [0.4, 0.5) is 0 Å². The van der Waals surface area contributed by atoms with Crippen molar-refractivity contribution in [2.45, 2.75) is 30.3 Å². The Labute approximate surface area is 191 Å². The summed E-state index contributed by atoms with van der Waals surface area (Å²) in [6.45, 7) is 5.43. The molecule has 0 amide bonds. The maximum atomic E-state index is 6.06. The van der Waals surface area contributed by atoms with Crippen LogP contribution in [0, 0.1) is 12.8 Å². The van der Waals surface area contributed by atoms with Gasteiger partial charge in [0.1, 0.15) is 0 Å². The summed E-state index contributed by atoms with van der Waals surface area (Å²) < 4.78 is 7.43. The number of nitrogens with zero attached hydrogens (tertiary/aromatic N) is 5. The molecule has 2 unspecified atom stereocenters. The SMILES string of the molecule is Cc1ncoc1-c1nnc(SCCCN2CC3CC3(c3ccc(Cl)cc3)C2)n1C.Cl. The van der Waals surface area contributed by atoms with Gasteiger partial charge in [-0.3, -0.25) is 0 Å². The molecule has 2 aliphatic rings. The van der Waals surface area contributed by atoms with E-state index in [0.717, 1.165) is 46.3 Å². The van der Waals surface area contributed by atoms with E-state index in [-0.39, 0.29) is 12.4 Å². The Morgan fingerprint density at radius 1 is 1.27 bits per heavy atom. The molecule has 5 rings (SSSR count). The van der Waals surface area contributed by atoms with Crippen LogP contribution in [0.3, 0.4) is 0 Å². The van der Waals surface area contributed by atoms with Crippen LogP contribution < -0.4 is 0 Å². The van der Waals surface area contributed by atoms with Crippen molar-refractivity contribution in [2.24, 2.45) is 13.0 Å². The maximum Gasteiger partial charge on any atom is 0.202 e. The third-order valence-electron chi connectivity index (χ3n) is 6.27. The Balaban J connectivity index is 0.00000218. The van der Waals surface area contributed by atoms with Crippen molar-refractivity contribution in [1.82, 2.24) is 24.6 Å². The van der Waals surface area contributed by atoms with E-state index in [0.29, 0.717) is 11.2 Å². The van der Waals surface area contributed by atoms with Gasteiger partial charge in [-0.2, -0.15) is 0 Å². The predicted molar refractivity (Wildman–Crippen MR) is 122 cm³/mol. The molecular weight excluding hydrogens is 441 g/mol. The third kappa shape index (κ3) is 3.88. The maximum absolute atomic E-state index is 6.06. The van der Waals surface area contributed by atoms with Crippen LogP contribution in [-0.2, 0) is 12.5 Å². The van der Waals surface area contributed by atoms with Crippen molar-refractivity contribution >= 4 is 35.8 Å². The molecule has 30 heavy (non-hydrogen) atoms. The lowest BCUT2D eigenvalue weighted by Gasteiger charge is -2.21. The van der Waals surface area contributed by atoms with Crippen LogP contribution in [0.15, 0.2) is 40.2 Å². The predicted octanol–water partition coefficient (Wildman–Crippen LogP) is 4.61. The first-order chi connectivity index (χ1) is 14.1. The molecule has 0 spiro atoms. The summed E-state index contributed by atoms with van der Waals surface area (Å²) in [4.78, 5) is 6.75. The number of hydrogen-bond acceptors (Lipinski definition) is 6. The lowest BCUT2D eigenvalue weighted by molar-refractivity contribution is 0.299. The number of hydrogen-bond donors (Lipinski definition) is 0. The highest BCUT2D eigenvalue weighted by atomic mass is 35.5. The second kappa shape index (κ2) is 8.54. The average molecular weight is 466 g/mol. The zero-order valence-electron chi connectivity index (χ0n) is 17.0. The molecule has 1 aliphatic carbocycles. The standard InChI is InChI=1S/C21H24ClN5OS.ClH/c1-14-18(28-13-23-14)19-24-25-20(26(19)2)29-9-3-8-27-11-16-10-21(16,12-27)15-4-6-17(22)7-5-15;/h4-7,13,16H,3,8-12H2,1-2H3;1H. The molecule has 3 aromatic rings. The monoisotopic (exact) mass is 465 g/mol. The molecule has 1 saturated heterocycles. The molecule has 1 aliphatic heterocycles. The van der Waals surface area contributed by atoms with Gasteiger partial charge in [-0.15, -0.1) is 22.6 Å². The minimum absolute atomic E-state index is 0. The fourth-order valence-corrected chi connectivity index (χ4v) is 5.55. The fourth-order valence-electron chi connectivity index (χ4n) is 4.59.